The molecule has 34 heavy (non-hydrogen) atoms. The summed E-state index contributed by atoms with van der Waals surface area (Å²) < 4.78 is 0. The number of para-hydroxylation sites is 2. The first kappa shape index (κ1) is 23.0. The van der Waals surface area contributed by atoms with Crippen molar-refractivity contribution in [3.05, 3.63) is 84.4 Å². The Bertz CT molecular complexity index is 1150. The van der Waals surface area contributed by atoms with Gasteiger partial charge < -0.3 is 20.6 Å². The minimum Gasteiger partial charge on any atom is -0.506 e. The quantitative estimate of drug-likeness (QED) is 0.492. The van der Waals surface area contributed by atoms with Crippen molar-refractivity contribution in [2.75, 3.05) is 25.0 Å². The maximum atomic E-state index is 12.6. The molecule has 0 radical (unpaired) electrons. The number of nitrogens with one attached hydrogen (secondary N) is 2. The first-order valence-corrected chi connectivity index (χ1v) is 11.3. The van der Waals surface area contributed by atoms with Gasteiger partial charge in [-0.05, 0) is 48.2 Å². The van der Waals surface area contributed by atoms with E-state index in [1.807, 2.05) is 42.5 Å². The van der Waals surface area contributed by atoms with Gasteiger partial charge in [-0.3, -0.25) is 14.4 Å². The van der Waals surface area contributed by atoms with Crippen LogP contribution in [0.5, 0.6) is 5.75 Å². The molecule has 0 aliphatic carbocycles. The summed E-state index contributed by atoms with van der Waals surface area (Å²) in [7, 11) is 0. The number of phenols is 1. The van der Waals surface area contributed by atoms with Gasteiger partial charge in [-0.25, -0.2) is 0 Å². The molecule has 4 rings (SSSR count). The van der Waals surface area contributed by atoms with E-state index in [4.69, 9.17) is 0 Å². The van der Waals surface area contributed by atoms with E-state index < -0.39 is 0 Å². The lowest BCUT2D eigenvalue weighted by Crippen LogP contribution is -2.45. The van der Waals surface area contributed by atoms with Crippen LogP contribution < -0.4 is 10.6 Å². The van der Waals surface area contributed by atoms with E-state index in [1.54, 1.807) is 35.2 Å². The van der Waals surface area contributed by atoms with Crippen LogP contribution in [-0.4, -0.2) is 47.4 Å². The zero-order chi connectivity index (χ0) is 23.9. The van der Waals surface area contributed by atoms with Crippen LogP contribution in [0.1, 0.15) is 23.2 Å². The summed E-state index contributed by atoms with van der Waals surface area (Å²) >= 11 is 0. The number of nitrogens with zero attached hydrogens (tertiary/aromatic N) is 1. The first-order chi connectivity index (χ1) is 16.5. The predicted molar refractivity (Wildman–Crippen MR) is 130 cm³/mol. The summed E-state index contributed by atoms with van der Waals surface area (Å²) in [6.07, 6.45) is 1.06. The Hall–Kier alpha value is -4.13. The molecule has 3 N–H and O–H groups in total. The van der Waals surface area contributed by atoms with Gasteiger partial charge in [-0.15, -0.1) is 0 Å². The molecule has 7 heteroatoms. The molecule has 174 valence electrons. The van der Waals surface area contributed by atoms with Crippen molar-refractivity contribution in [1.82, 2.24) is 10.2 Å². The highest BCUT2D eigenvalue weighted by atomic mass is 16.3. The molecule has 1 heterocycles. The first-order valence-electron chi connectivity index (χ1n) is 11.3. The minimum absolute atomic E-state index is 0.0221. The van der Waals surface area contributed by atoms with E-state index in [0.29, 0.717) is 37.2 Å². The van der Waals surface area contributed by atoms with Crippen molar-refractivity contribution in [2.45, 2.75) is 12.8 Å². The third-order valence-electron chi connectivity index (χ3n) is 6.03. The molecular weight excluding hydrogens is 430 g/mol. The highest BCUT2D eigenvalue weighted by molar-refractivity contribution is 5.97. The van der Waals surface area contributed by atoms with Gasteiger partial charge in [-0.2, -0.15) is 0 Å². The Kier molecular flexibility index (Phi) is 7.22. The van der Waals surface area contributed by atoms with E-state index in [0.717, 1.165) is 11.1 Å². The lowest BCUT2D eigenvalue weighted by Gasteiger charge is -2.31. The largest absolute Gasteiger partial charge is 0.506 e. The fraction of sp³-hybridized carbons (Fsp3) is 0.222. The number of carbonyl (C=O) groups is 3. The van der Waals surface area contributed by atoms with E-state index >= 15 is 0 Å². The second-order valence-corrected chi connectivity index (χ2v) is 8.29. The zero-order valence-corrected chi connectivity index (χ0v) is 18.7. The summed E-state index contributed by atoms with van der Waals surface area (Å²) in [6.45, 7) is 0.798. The van der Waals surface area contributed by atoms with Gasteiger partial charge in [0.1, 0.15) is 5.75 Å². The van der Waals surface area contributed by atoms with Crippen LogP contribution in [-0.2, 0) is 9.59 Å². The van der Waals surface area contributed by atoms with E-state index in [9.17, 15) is 19.5 Å². The number of hydrogen-bond acceptors (Lipinski definition) is 4. The topological polar surface area (TPSA) is 98.7 Å². The third-order valence-corrected chi connectivity index (χ3v) is 6.03. The maximum Gasteiger partial charge on any atom is 0.251 e. The number of carbonyl (C=O) groups excluding carboxylic acids is 3. The molecule has 0 atom stereocenters. The van der Waals surface area contributed by atoms with E-state index in [-0.39, 0.29) is 35.9 Å². The number of aromatic hydroxyl groups is 1. The number of phenolic OH excluding ortho intramolecular Hbond substituents is 1. The Morgan fingerprint density at radius 2 is 1.44 bits per heavy atom. The van der Waals surface area contributed by atoms with E-state index in [1.165, 1.54) is 6.07 Å². The summed E-state index contributed by atoms with van der Waals surface area (Å²) in [5, 5.41) is 15.3. The molecular formula is C27H27N3O4. The molecule has 0 saturated carbocycles. The molecule has 1 aliphatic rings. The Labute approximate surface area is 198 Å². The minimum atomic E-state index is -0.301. The van der Waals surface area contributed by atoms with Crippen molar-refractivity contribution in [3.63, 3.8) is 0 Å². The number of benzene rings is 3. The molecule has 1 aliphatic heterocycles. The molecule has 0 bridgehead atoms. The maximum absolute atomic E-state index is 12.6. The molecule has 1 fully saturated rings. The lowest BCUT2D eigenvalue weighted by molar-refractivity contribution is -0.133. The Balaban J connectivity index is 1.23. The normalized spacial score (nSPS) is 13.8. The number of hydrogen-bond donors (Lipinski definition) is 3. The molecule has 0 unspecified atom stereocenters. The van der Waals surface area contributed by atoms with Crippen molar-refractivity contribution in [2.24, 2.45) is 5.92 Å². The number of likely N-dealkylation sites (tertiary alicyclic amines) is 1. The highest BCUT2D eigenvalue weighted by Crippen LogP contribution is 2.25. The Morgan fingerprint density at radius 3 is 2.12 bits per heavy atom. The van der Waals surface area contributed by atoms with Crippen LogP contribution >= 0.6 is 0 Å². The van der Waals surface area contributed by atoms with Gasteiger partial charge in [0.15, 0.2) is 0 Å². The predicted octanol–water partition coefficient (Wildman–Crippen LogP) is 3.67. The smallest absolute Gasteiger partial charge is 0.251 e. The van der Waals surface area contributed by atoms with Gasteiger partial charge in [0.2, 0.25) is 11.8 Å². The van der Waals surface area contributed by atoms with Crippen molar-refractivity contribution in [3.8, 4) is 16.9 Å². The van der Waals surface area contributed by atoms with E-state index in [2.05, 4.69) is 10.6 Å². The lowest BCUT2D eigenvalue weighted by atomic mass is 9.95. The van der Waals surface area contributed by atoms with Gasteiger partial charge in [0.25, 0.3) is 5.91 Å². The molecule has 3 aromatic rings. The summed E-state index contributed by atoms with van der Waals surface area (Å²) in [5.74, 6) is -0.852. The average molecular weight is 458 g/mol. The zero-order valence-electron chi connectivity index (χ0n) is 18.7. The number of piperidine rings is 1. The van der Waals surface area contributed by atoms with Crippen LogP contribution in [0, 0.1) is 5.92 Å². The van der Waals surface area contributed by atoms with Crippen molar-refractivity contribution < 1.29 is 19.5 Å². The summed E-state index contributed by atoms with van der Waals surface area (Å²) in [5.41, 5.74) is 2.96. The second-order valence-electron chi connectivity index (χ2n) is 8.29. The fourth-order valence-corrected chi connectivity index (χ4v) is 4.02. The highest BCUT2D eigenvalue weighted by Gasteiger charge is 2.27. The van der Waals surface area contributed by atoms with Gasteiger partial charge in [0, 0.05) is 24.6 Å². The number of anilines is 1. The van der Waals surface area contributed by atoms with Crippen LogP contribution in [0.2, 0.25) is 0 Å². The van der Waals surface area contributed by atoms with Crippen molar-refractivity contribution in [1.29, 1.82) is 0 Å². The van der Waals surface area contributed by atoms with Gasteiger partial charge in [-0.1, -0.05) is 54.6 Å². The fourth-order valence-electron chi connectivity index (χ4n) is 4.02. The standard InChI is InChI=1S/C27H27N3O4/c31-24-9-5-4-8-23(24)29-27(34)22-14-16-30(17-15-22)25(32)18-28-26(33)21-12-10-20(11-13-21)19-6-2-1-3-7-19/h1-13,22,31H,14-18H2,(H,28,33)(H,29,34). The summed E-state index contributed by atoms with van der Waals surface area (Å²) in [6, 6.07) is 23.7. The second kappa shape index (κ2) is 10.7. The van der Waals surface area contributed by atoms with Gasteiger partial charge in [0.05, 0.1) is 12.2 Å². The average Bonchev–Trinajstić information content (AvgIpc) is 2.89. The van der Waals surface area contributed by atoms with Crippen LogP contribution in [0.15, 0.2) is 78.9 Å². The molecule has 0 aromatic heterocycles. The monoisotopic (exact) mass is 457 g/mol. The van der Waals surface area contributed by atoms with Crippen molar-refractivity contribution >= 4 is 23.4 Å². The molecule has 7 nitrogen and oxygen atoms in total. The number of rotatable bonds is 6. The Morgan fingerprint density at radius 1 is 0.824 bits per heavy atom. The number of amides is 3. The van der Waals surface area contributed by atoms with Gasteiger partial charge >= 0.3 is 0 Å². The van der Waals surface area contributed by atoms with Crippen LogP contribution in [0.3, 0.4) is 0 Å². The molecule has 0 spiro atoms. The molecule has 3 amide bonds. The van der Waals surface area contributed by atoms with Crippen LogP contribution in [0.25, 0.3) is 11.1 Å². The molecule has 3 aromatic carbocycles. The van der Waals surface area contributed by atoms with Crippen LogP contribution in [0.4, 0.5) is 5.69 Å². The SMILES string of the molecule is O=C(NCC(=O)N1CCC(C(=O)Nc2ccccc2O)CC1)c1ccc(-c2ccccc2)cc1. The third kappa shape index (κ3) is 5.61. The summed E-state index contributed by atoms with van der Waals surface area (Å²) in [4.78, 5) is 39.2. The molecule has 1 saturated heterocycles.